The van der Waals surface area contributed by atoms with E-state index in [1.165, 1.54) is 10.9 Å². The molecule has 1 rings (SSSR count). The van der Waals surface area contributed by atoms with Gasteiger partial charge in [0.1, 0.15) is 12.3 Å². The standard InChI is InChI=1S/C15H29N5O4Si/c1-15(2,3)24-14(21)17-13-11(12(16)19-22)9-20(18-13)10-23-7-8-25(4,5)6/h9,22H,7-8,10H2,1-6H3,(H2,16,19)(H,17,18,21). The Morgan fingerprint density at radius 3 is 2.60 bits per heavy atom. The molecule has 0 aromatic carbocycles. The minimum atomic E-state index is -1.17. The van der Waals surface area contributed by atoms with E-state index >= 15 is 0 Å². The third kappa shape index (κ3) is 8.03. The van der Waals surface area contributed by atoms with Crippen LogP contribution < -0.4 is 11.1 Å². The summed E-state index contributed by atoms with van der Waals surface area (Å²) >= 11 is 0. The van der Waals surface area contributed by atoms with Crippen LogP contribution in [-0.4, -0.2) is 47.2 Å². The van der Waals surface area contributed by atoms with Crippen molar-refractivity contribution in [3.05, 3.63) is 11.8 Å². The normalized spacial score (nSPS) is 13.0. The number of nitrogens with zero attached hydrogens (tertiary/aromatic N) is 3. The van der Waals surface area contributed by atoms with E-state index in [0.29, 0.717) is 6.61 Å². The van der Waals surface area contributed by atoms with Crippen molar-refractivity contribution >= 4 is 25.8 Å². The number of aromatic nitrogens is 2. The van der Waals surface area contributed by atoms with Crippen molar-refractivity contribution in [2.45, 2.75) is 58.8 Å². The van der Waals surface area contributed by atoms with Crippen LogP contribution in [0.3, 0.4) is 0 Å². The topological polar surface area (TPSA) is 124 Å². The van der Waals surface area contributed by atoms with E-state index in [2.05, 4.69) is 35.2 Å². The van der Waals surface area contributed by atoms with Gasteiger partial charge in [-0.25, -0.2) is 9.48 Å². The molecule has 1 amide bonds. The van der Waals surface area contributed by atoms with Crippen molar-refractivity contribution in [3.63, 3.8) is 0 Å². The molecule has 1 heterocycles. The molecular weight excluding hydrogens is 342 g/mol. The van der Waals surface area contributed by atoms with Gasteiger partial charge in [-0.2, -0.15) is 5.10 Å². The Morgan fingerprint density at radius 2 is 2.08 bits per heavy atom. The number of carbonyl (C=O) groups excluding carboxylic acids is 1. The summed E-state index contributed by atoms with van der Waals surface area (Å²) in [6.45, 7) is 12.9. The zero-order valence-corrected chi connectivity index (χ0v) is 16.8. The minimum absolute atomic E-state index is 0.137. The number of nitrogens with two attached hydrogens (primary N) is 1. The van der Waals surface area contributed by atoms with E-state index in [1.807, 2.05) is 0 Å². The van der Waals surface area contributed by atoms with Crippen LogP contribution in [0.1, 0.15) is 26.3 Å². The predicted octanol–water partition coefficient (Wildman–Crippen LogP) is 2.64. The number of amides is 1. The summed E-state index contributed by atoms with van der Waals surface area (Å²) in [5, 5.41) is 18.6. The Morgan fingerprint density at radius 1 is 1.44 bits per heavy atom. The molecule has 1 aromatic heterocycles. The first-order valence-corrected chi connectivity index (χ1v) is 11.7. The largest absolute Gasteiger partial charge is 0.444 e. The number of rotatable bonds is 7. The van der Waals surface area contributed by atoms with Gasteiger partial charge < -0.3 is 20.4 Å². The zero-order valence-electron chi connectivity index (χ0n) is 15.8. The SMILES string of the molecule is CC(C)(C)OC(=O)Nc1nn(COCC[Si](C)(C)C)cc1C(N)=NO. The number of amidine groups is 1. The monoisotopic (exact) mass is 371 g/mol. The minimum Gasteiger partial charge on any atom is -0.444 e. The highest BCUT2D eigenvalue weighted by molar-refractivity contribution is 6.76. The van der Waals surface area contributed by atoms with Gasteiger partial charge in [0.15, 0.2) is 11.7 Å². The molecule has 0 bridgehead atoms. The molecule has 0 saturated carbocycles. The molecule has 4 N–H and O–H groups in total. The van der Waals surface area contributed by atoms with Crippen LogP contribution in [0.4, 0.5) is 10.6 Å². The Bertz CT molecular complexity index is 616. The lowest BCUT2D eigenvalue weighted by Gasteiger charge is -2.19. The lowest BCUT2D eigenvalue weighted by Crippen LogP contribution is -2.28. The summed E-state index contributed by atoms with van der Waals surface area (Å²) in [5.74, 6) is -0.0299. The van der Waals surface area contributed by atoms with E-state index in [9.17, 15) is 4.79 Å². The highest BCUT2D eigenvalue weighted by atomic mass is 28.3. The molecule has 10 heteroatoms. The van der Waals surface area contributed by atoms with Crippen LogP contribution >= 0.6 is 0 Å². The third-order valence-corrected chi connectivity index (χ3v) is 4.69. The maximum absolute atomic E-state index is 11.9. The molecule has 0 aliphatic carbocycles. The van der Waals surface area contributed by atoms with Crippen molar-refractivity contribution in [2.24, 2.45) is 10.9 Å². The maximum Gasteiger partial charge on any atom is 0.413 e. The predicted molar refractivity (Wildman–Crippen MR) is 98.7 cm³/mol. The van der Waals surface area contributed by atoms with Gasteiger partial charge in [0.2, 0.25) is 0 Å². The van der Waals surface area contributed by atoms with Crippen LogP contribution in [0.2, 0.25) is 25.7 Å². The van der Waals surface area contributed by atoms with Crippen LogP contribution in [0.15, 0.2) is 11.4 Å². The molecule has 25 heavy (non-hydrogen) atoms. The van der Waals surface area contributed by atoms with E-state index in [-0.39, 0.29) is 23.9 Å². The second kappa shape index (κ2) is 8.34. The summed E-state index contributed by atoms with van der Waals surface area (Å²) in [6, 6.07) is 1.03. The van der Waals surface area contributed by atoms with E-state index in [1.54, 1.807) is 20.8 Å². The number of anilines is 1. The van der Waals surface area contributed by atoms with Gasteiger partial charge in [0.05, 0.1) is 5.56 Å². The van der Waals surface area contributed by atoms with Gasteiger partial charge in [-0.05, 0) is 26.8 Å². The summed E-state index contributed by atoms with van der Waals surface area (Å²) in [7, 11) is -1.17. The van der Waals surface area contributed by atoms with E-state index in [4.69, 9.17) is 20.4 Å². The number of ether oxygens (including phenoxy) is 2. The van der Waals surface area contributed by atoms with Gasteiger partial charge in [-0.15, -0.1) is 0 Å². The van der Waals surface area contributed by atoms with Crippen molar-refractivity contribution < 1.29 is 19.5 Å². The first kappa shape index (κ1) is 21.0. The molecule has 0 unspecified atom stereocenters. The van der Waals surface area contributed by atoms with Crippen LogP contribution in [0.25, 0.3) is 0 Å². The van der Waals surface area contributed by atoms with Gasteiger partial charge in [-0.1, -0.05) is 24.8 Å². The van der Waals surface area contributed by atoms with Crippen molar-refractivity contribution in [2.75, 3.05) is 11.9 Å². The molecule has 9 nitrogen and oxygen atoms in total. The van der Waals surface area contributed by atoms with E-state index in [0.717, 1.165) is 6.04 Å². The van der Waals surface area contributed by atoms with Crippen molar-refractivity contribution in [1.29, 1.82) is 0 Å². The lowest BCUT2D eigenvalue weighted by molar-refractivity contribution is 0.0633. The Kier molecular flexibility index (Phi) is 7.00. The first-order chi connectivity index (χ1) is 11.4. The molecule has 0 aliphatic heterocycles. The van der Waals surface area contributed by atoms with Crippen molar-refractivity contribution in [1.82, 2.24) is 9.78 Å². The Hall–Kier alpha value is -2.07. The molecule has 0 radical (unpaired) electrons. The van der Waals surface area contributed by atoms with E-state index < -0.39 is 19.8 Å². The number of hydrogen-bond donors (Lipinski definition) is 3. The molecule has 142 valence electrons. The number of hydrogen-bond acceptors (Lipinski definition) is 6. The quantitative estimate of drug-likeness (QED) is 0.169. The third-order valence-electron chi connectivity index (χ3n) is 2.98. The summed E-state index contributed by atoms with van der Waals surface area (Å²) in [4.78, 5) is 11.9. The average molecular weight is 372 g/mol. The molecular formula is C15H29N5O4Si. The zero-order chi connectivity index (χ0) is 19.3. The summed E-state index contributed by atoms with van der Waals surface area (Å²) < 4.78 is 12.3. The van der Waals surface area contributed by atoms with Crippen LogP contribution in [0, 0.1) is 0 Å². The average Bonchev–Trinajstić information content (AvgIpc) is 2.82. The Balaban J connectivity index is 2.79. The summed E-state index contributed by atoms with van der Waals surface area (Å²) in [6.07, 6.45) is 0.861. The molecule has 0 aliphatic rings. The fraction of sp³-hybridized carbons (Fsp3) is 0.667. The highest BCUT2D eigenvalue weighted by Gasteiger charge is 2.20. The van der Waals surface area contributed by atoms with Gasteiger partial charge in [0.25, 0.3) is 0 Å². The molecule has 0 fully saturated rings. The number of nitrogens with one attached hydrogen (secondary N) is 1. The molecule has 1 aromatic rings. The van der Waals surface area contributed by atoms with Gasteiger partial charge in [0, 0.05) is 20.9 Å². The fourth-order valence-electron chi connectivity index (χ4n) is 1.76. The first-order valence-electron chi connectivity index (χ1n) is 8.04. The van der Waals surface area contributed by atoms with Gasteiger partial charge >= 0.3 is 6.09 Å². The number of oxime groups is 1. The second-order valence-corrected chi connectivity index (χ2v) is 13.5. The fourth-order valence-corrected chi connectivity index (χ4v) is 2.51. The number of carbonyl (C=O) groups is 1. The summed E-state index contributed by atoms with van der Waals surface area (Å²) in [5.41, 5.74) is 5.27. The highest BCUT2D eigenvalue weighted by Crippen LogP contribution is 2.16. The van der Waals surface area contributed by atoms with Crippen molar-refractivity contribution in [3.8, 4) is 0 Å². The lowest BCUT2D eigenvalue weighted by atomic mass is 10.2. The second-order valence-electron chi connectivity index (χ2n) is 7.89. The van der Waals surface area contributed by atoms with Crippen LogP contribution in [0.5, 0.6) is 0 Å². The maximum atomic E-state index is 11.9. The molecule has 0 spiro atoms. The smallest absolute Gasteiger partial charge is 0.413 e. The van der Waals surface area contributed by atoms with Crippen LogP contribution in [-0.2, 0) is 16.2 Å². The Labute approximate surface area is 149 Å². The molecule has 0 saturated heterocycles. The molecule has 0 atom stereocenters. The van der Waals surface area contributed by atoms with Gasteiger partial charge in [-0.3, -0.25) is 5.32 Å².